The molecule has 4 rings (SSSR count). The highest BCUT2D eigenvalue weighted by atomic mass is 32.2. The zero-order valence-electron chi connectivity index (χ0n) is 18.5. The molecular weight excluding hydrogens is 463 g/mol. The van der Waals surface area contributed by atoms with E-state index in [1.165, 1.54) is 19.2 Å². The minimum absolute atomic E-state index is 0.156. The third-order valence-electron chi connectivity index (χ3n) is 5.30. The van der Waals surface area contributed by atoms with Gasteiger partial charge in [-0.15, -0.1) is 0 Å². The molecule has 0 spiro atoms. The second kappa shape index (κ2) is 10.7. The van der Waals surface area contributed by atoms with Crippen molar-refractivity contribution in [2.45, 2.75) is 6.61 Å². The Morgan fingerprint density at radius 1 is 1.15 bits per heavy atom. The van der Waals surface area contributed by atoms with Crippen LogP contribution < -0.4 is 9.47 Å². The van der Waals surface area contributed by atoms with E-state index in [-0.39, 0.29) is 29.8 Å². The van der Waals surface area contributed by atoms with Crippen LogP contribution in [-0.4, -0.2) is 66.8 Å². The van der Waals surface area contributed by atoms with Crippen molar-refractivity contribution in [2.75, 3.05) is 40.0 Å². The zero-order chi connectivity index (χ0) is 24.1. The lowest BCUT2D eigenvalue weighted by Crippen LogP contribution is -2.46. The summed E-state index contributed by atoms with van der Waals surface area (Å²) < 4.78 is 29.7. The van der Waals surface area contributed by atoms with E-state index in [1.54, 1.807) is 41.3 Å². The van der Waals surface area contributed by atoms with Crippen LogP contribution in [0.5, 0.6) is 11.5 Å². The van der Waals surface area contributed by atoms with Crippen molar-refractivity contribution < 1.29 is 33.0 Å². The Labute approximate surface area is 200 Å². The molecule has 10 heteroatoms. The highest BCUT2D eigenvalue weighted by Crippen LogP contribution is 2.34. The molecule has 0 unspecified atom stereocenters. The van der Waals surface area contributed by atoms with E-state index >= 15 is 0 Å². The Kier molecular flexibility index (Phi) is 7.49. The molecular formula is C24H23FN2O6S. The lowest BCUT2D eigenvalue weighted by atomic mass is 10.1. The Morgan fingerprint density at radius 3 is 2.68 bits per heavy atom. The summed E-state index contributed by atoms with van der Waals surface area (Å²) in [5.41, 5.74) is 1.30. The summed E-state index contributed by atoms with van der Waals surface area (Å²) in [6, 6.07) is 11.2. The molecule has 2 aliphatic heterocycles. The highest BCUT2D eigenvalue weighted by Gasteiger charge is 2.37. The molecule has 178 valence electrons. The summed E-state index contributed by atoms with van der Waals surface area (Å²) >= 11 is 0.787. The molecule has 8 nitrogen and oxygen atoms in total. The Balaban J connectivity index is 1.43. The molecule has 2 aliphatic rings. The lowest BCUT2D eigenvalue weighted by Gasteiger charge is -2.28. The number of carbonyl (C=O) groups is 3. The standard InChI is InChI=1S/C24H23FN2O6S/c1-31-20-12-16(5-6-19(20)33-15-17-3-2-4-18(25)11-17)13-21-23(29)27(24(30)34-21)14-22(28)26-7-9-32-10-8-26/h2-6,11-13H,7-10,14-15H2,1H3/b21-13+. The van der Waals surface area contributed by atoms with Gasteiger partial charge in [0.05, 0.1) is 25.2 Å². The fourth-order valence-corrected chi connectivity index (χ4v) is 4.36. The molecule has 0 N–H and O–H groups in total. The van der Waals surface area contributed by atoms with E-state index in [0.717, 1.165) is 16.7 Å². The predicted octanol–water partition coefficient (Wildman–Crippen LogP) is 3.31. The van der Waals surface area contributed by atoms with E-state index in [0.29, 0.717) is 48.9 Å². The van der Waals surface area contributed by atoms with Crippen molar-refractivity contribution in [3.8, 4) is 11.5 Å². The van der Waals surface area contributed by atoms with Crippen molar-refractivity contribution >= 4 is 34.9 Å². The van der Waals surface area contributed by atoms with Crippen molar-refractivity contribution in [1.82, 2.24) is 9.80 Å². The van der Waals surface area contributed by atoms with Crippen LogP contribution in [0.4, 0.5) is 9.18 Å². The van der Waals surface area contributed by atoms with Crippen LogP contribution in [0, 0.1) is 5.82 Å². The number of benzene rings is 2. The molecule has 2 saturated heterocycles. The number of halogens is 1. The van der Waals surface area contributed by atoms with Crippen molar-refractivity contribution in [3.05, 3.63) is 64.3 Å². The SMILES string of the molecule is COc1cc(/C=C2/SC(=O)N(CC(=O)N3CCOCC3)C2=O)ccc1OCc1cccc(F)c1. The van der Waals surface area contributed by atoms with Gasteiger partial charge in [-0.25, -0.2) is 4.39 Å². The van der Waals surface area contributed by atoms with Crippen LogP contribution >= 0.6 is 11.8 Å². The Bertz CT molecular complexity index is 1130. The number of hydrogen-bond acceptors (Lipinski definition) is 7. The van der Waals surface area contributed by atoms with Gasteiger partial charge >= 0.3 is 0 Å². The highest BCUT2D eigenvalue weighted by molar-refractivity contribution is 8.18. The number of amides is 3. The summed E-state index contributed by atoms with van der Waals surface area (Å²) in [5.74, 6) is -0.265. The molecule has 0 aliphatic carbocycles. The van der Waals surface area contributed by atoms with Crippen LogP contribution in [0.1, 0.15) is 11.1 Å². The van der Waals surface area contributed by atoms with Crippen LogP contribution in [0.25, 0.3) is 6.08 Å². The number of rotatable bonds is 7. The van der Waals surface area contributed by atoms with Gasteiger partial charge in [0.25, 0.3) is 11.1 Å². The molecule has 0 atom stereocenters. The third kappa shape index (κ3) is 5.57. The first-order valence-electron chi connectivity index (χ1n) is 10.6. The molecule has 0 saturated carbocycles. The van der Waals surface area contributed by atoms with E-state index in [1.807, 2.05) is 0 Å². The molecule has 2 heterocycles. The summed E-state index contributed by atoms with van der Waals surface area (Å²) in [7, 11) is 1.49. The molecule has 2 fully saturated rings. The fraction of sp³-hybridized carbons (Fsp3) is 0.292. The first-order valence-corrected chi connectivity index (χ1v) is 11.4. The van der Waals surface area contributed by atoms with Gasteiger partial charge in [-0.3, -0.25) is 19.3 Å². The smallest absolute Gasteiger partial charge is 0.294 e. The second-order valence-electron chi connectivity index (χ2n) is 7.59. The number of thioether (sulfide) groups is 1. The van der Waals surface area contributed by atoms with Gasteiger partial charge in [0, 0.05) is 13.1 Å². The first-order chi connectivity index (χ1) is 16.4. The normalized spacial score (nSPS) is 17.4. The number of hydrogen-bond donors (Lipinski definition) is 0. The van der Waals surface area contributed by atoms with Gasteiger partial charge in [-0.1, -0.05) is 18.2 Å². The number of carbonyl (C=O) groups excluding carboxylic acids is 3. The molecule has 34 heavy (non-hydrogen) atoms. The molecule has 0 radical (unpaired) electrons. The number of imide groups is 1. The maximum Gasteiger partial charge on any atom is 0.294 e. The van der Waals surface area contributed by atoms with Crippen molar-refractivity contribution in [3.63, 3.8) is 0 Å². The molecule has 0 bridgehead atoms. The minimum atomic E-state index is -0.512. The van der Waals surface area contributed by atoms with E-state index in [4.69, 9.17) is 14.2 Å². The molecule has 0 aromatic heterocycles. The predicted molar refractivity (Wildman–Crippen MR) is 124 cm³/mol. The van der Waals surface area contributed by atoms with Crippen LogP contribution in [0.15, 0.2) is 47.4 Å². The topological polar surface area (TPSA) is 85.4 Å². The van der Waals surface area contributed by atoms with Gasteiger partial charge in [0.15, 0.2) is 11.5 Å². The van der Waals surface area contributed by atoms with Gasteiger partial charge in [-0.2, -0.15) is 0 Å². The first kappa shape index (κ1) is 23.8. The average Bonchev–Trinajstić information content (AvgIpc) is 3.11. The van der Waals surface area contributed by atoms with Crippen LogP contribution in [0.3, 0.4) is 0 Å². The van der Waals surface area contributed by atoms with Crippen molar-refractivity contribution in [2.24, 2.45) is 0 Å². The average molecular weight is 487 g/mol. The van der Waals surface area contributed by atoms with Gasteiger partial charge < -0.3 is 19.1 Å². The third-order valence-corrected chi connectivity index (χ3v) is 6.21. The molecule has 2 aromatic rings. The minimum Gasteiger partial charge on any atom is -0.493 e. The van der Waals surface area contributed by atoms with E-state index in [9.17, 15) is 18.8 Å². The zero-order valence-corrected chi connectivity index (χ0v) is 19.3. The van der Waals surface area contributed by atoms with Crippen LogP contribution in [0.2, 0.25) is 0 Å². The lowest BCUT2D eigenvalue weighted by molar-refractivity contribution is -0.139. The van der Waals surface area contributed by atoms with Gasteiger partial charge in [0.1, 0.15) is 19.0 Å². The second-order valence-corrected chi connectivity index (χ2v) is 8.58. The maximum absolute atomic E-state index is 13.4. The van der Waals surface area contributed by atoms with Crippen molar-refractivity contribution in [1.29, 1.82) is 0 Å². The van der Waals surface area contributed by atoms with Gasteiger partial charge in [-0.05, 0) is 53.2 Å². The summed E-state index contributed by atoms with van der Waals surface area (Å²) in [4.78, 5) is 40.4. The molecule has 3 amide bonds. The summed E-state index contributed by atoms with van der Waals surface area (Å²) in [6.45, 7) is 1.63. The Hall–Kier alpha value is -3.37. The van der Waals surface area contributed by atoms with Gasteiger partial charge in [0.2, 0.25) is 5.91 Å². The van der Waals surface area contributed by atoms with E-state index in [2.05, 4.69) is 0 Å². The number of ether oxygens (including phenoxy) is 3. The number of nitrogens with zero attached hydrogens (tertiary/aromatic N) is 2. The largest absolute Gasteiger partial charge is 0.493 e. The Morgan fingerprint density at radius 2 is 1.94 bits per heavy atom. The molecule has 2 aromatic carbocycles. The number of morpholine rings is 1. The fourth-order valence-electron chi connectivity index (χ4n) is 3.52. The maximum atomic E-state index is 13.4. The monoisotopic (exact) mass is 486 g/mol. The number of methoxy groups -OCH3 is 1. The summed E-state index contributed by atoms with van der Waals surface area (Å²) in [6.07, 6.45) is 1.57. The summed E-state index contributed by atoms with van der Waals surface area (Å²) in [5, 5.41) is -0.486. The van der Waals surface area contributed by atoms with Crippen LogP contribution in [-0.2, 0) is 20.9 Å². The quantitative estimate of drug-likeness (QED) is 0.555. The van der Waals surface area contributed by atoms with E-state index < -0.39 is 11.1 Å².